The van der Waals surface area contributed by atoms with Crippen molar-refractivity contribution in [2.75, 3.05) is 18.1 Å². The van der Waals surface area contributed by atoms with E-state index in [2.05, 4.69) is 20.6 Å². The minimum Gasteiger partial charge on any atom is -0.355 e. The topological polar surface area (TPSA) is 104 Å². The average molecular weight is 461 g/mol. The lowest BCUT2D eigenvalue weighted by atomic mass is 10.1. The van der Waals surface area contributed by atoms with E-state index < -0.39 is 11.7 Å². The van der Waals surface area contributed by atoms with Gasteiger partial charge in [0, 0.05) is 29.8 Å². The Morgan fingerprint density at radius 2 is 2.16 bits per heavy atom. The molecule has 2 aromatic heterocycles. The summed E-state index contributed by atoms with van der Waals surface area (Å²) in [5, 5.41) is 5.77. The Morgan fingerprint density at radius 1 is 1.32 bits per heavy atom. The van der Waals surface area contributed by atoms with Gasteiger partial charge in [0.25, 0.3) is 11.5 Å². The number of carbonyl (C=O) groups excluding carboxylic acids is 2. The second kappa shape index (κ2) is 9.19. The van der Waals surface area contributed by atoms with Crippen LogP contribution in [-0.2, 0) is 23.4 Å². The van der Waals surface area contributed by atoms with Gasteiger partial charge in [-0.25, -0.2) is 9.37 Å². The summed E-state index contributed by atoms with van der Waals surface area (Å²) in [6, 6.07) is 3.87. The van der Waals surface area contributed by atoms with Gasteiger partial charge in [-0.1, -0.05) is 0 Å². The van der Waals surface area contributed by atoms with Crippen LogP contribution in [0.15, 0.2) is 23.0 Å². The quantitative estimate of drug-likeness (QED) is 0.470. The molecule has 0 atom stereocenters. The van der Waals surface area contributed by atoms with E-state index in [-0.39, 0.29) is 23.5 Å². The Labute approximate surface area is 185 Å². The molecule has 31 heavy (non-hydrogen) atoms. The summed E-state index contributed by atoms with van der Waals surface area (Å²) < 4.78 is 13.7. The van der Waals surface area contributed by atoms with E-state index in [9.17, 15) is 18.8 Å². The Balaban J connectivity index is 1.31. The van der Waals surface area contributed by atoms with Gasteiger partial charge >= 0.3 is 0 Å². The molecular weight excluding hydrogens is 439 g/mol. The smallest absolute Gasteiger partial charge is 0.259 e. The SMILES string of the molecule is CNC(=O)c1cc(NC(=O)CCSCc2nc3sc4c(c3c(=O)[nH]2)CCC4)ccc1F. The van der Waals surface area contributed by atoms with Crippen LogP contribution < -0.4 is 16.2 Å². The van der Waals surface area contributed by atoms with Gasteiger partial charge in [0.05, 0.1) is 16.7 Å². The van der Waals surface area contributed by atoms with E-state index in [1.807, 2.05) is 0 Å². The van der Waals surface area contributed by atoms with Crippen LogP contribution in [0.5, 0.6) is 0 Å². The van der Waals surface area contributed by atoms with Crippen LogP contribution in [0.1, 0.15) is 39.5 Å². The maximum Gasteiger partial charge on any atom is 0.259 e. The fourth-order valence-electron chi connectivity index (χ4n) is 3.58. The summed E-state index contributed by atoms with van der Waals surface area (Å²) in [4.78, 5) is 45.8. The van der Waals surface area contributed by atoms with Gasteiger partial charge in [0.1, 0.15) is 16.5 Å². The highest BCUT2D eigenvalue weighted by molar-refractivity contribution is 7.98. The summed E-state index contributed by atoms with van der Waals surface area (Å²) in [7, 11) is 1.41. The first-order chi connectivity index (χ1) is 15.0. The molecule has 0 saturated carbocycles. The summed E-state index contributed by atoms with van der Waals surface area (Å²) in [5.74, 6) is 0.183. The maximum atomic E-state index is 13.7. The van der Waals surface area contributed by atoms with Crippen LogP contribution in [-0.4, -0.2) is 34.6 Å². The van der Waals surface area contributed by atoms with Gasteiger partial charge in [0.2, 0.25) is 5.91 Å². The Kier molecular flexibility index (Phi) is 6.38. The molecule has 162 valence electrons. The Morgan fingerprint density at radius 3 is 2.97 bits per heavy atom. The number of benzene rings is 1. The number of aromatic amines is 1. The number of aryl methyl sites for hydroxylation is 2. The van der Waals surface area contributed by atoms with Crippen LogP contribution in [0.2, 0.25) is 0 Å². The van der Waals surface area contributed by atoms with Crippen molar-refractivity contribution in [2.45, 2.75) is 31.4 Å². The van der Waals surface area contributed by atoms with Crippen molar-refractivity contribution >= 4 is 50.8 Å². The molecule has 1 aliphatic carbocycles. The van der Waals surface area contributed by atoms with E-state index in [0.29, 0.717) is 23.0 Å². The third-order valence-electron chi connectivity index (χ3n) is 5.06. The number of carbonyl (C=O) groups is 2. The highest BCUT2D eigenvalue weighted by Crippen LogP contribution is 2.34. The maximum absolute atomic E-state index is 13.7. The number of hydrogen-bond acceptors (Lipinski definition) is 6. The van der Waals surface area contributed by atoms with E-state index in [1.165, 1.54) is 35.8 Å². The average Bonchev–Trinajstić information content (AvgIpc) is 3.33. The first kappa shape index (κ1) is 21.5. The standard InChI is InChI=1S/C21H21FN4O3S2/c1-23-19(28)13-9-11(5-6-14(13)22)24-17(27)7-8-30-10-16-25-20(29)18-12-3-2-4-15(12)31-21(18)26-16/h5-6,9H,2-4,7-8,10H2,1H3,(H,23,28)(H,24,27)(H,25,26,29). The van der Waals surface area contributed by atoms with Gasteiger partial charge in [-0.3, -0.25) is 14.4 Å². The lowest BCUT2D eigenvalue weighted by Crippen LogP contribution is -2.20. The molecule has 2 amide bonds. The first-order valence-electron chi connectivity index (χ1n) is 9.89. The number of nitrogens with zero attached hydrogens (tertiary/aromatic N) is 1. The predicted octanol–water partition coefficient (Wildman–Crippen LogP) is 3.23. The van der Waals surface area contributed by atoms with Crippen molar-refractivity contribution in [3.63, 3.8) is 0 Å². The molecule has 1 aliphatic rings. The minimum absolute atomic E-state index is 0.0824. The summed E-state index contributed by atoms with van der Waals surface area (Å²) in [5.41, 5.74) is 1.31. The summed E-state index contributed by atoms with van der Waals surface area (Å²) in [6.07, 6.45) is 3.30. The zero-order valence-corrected chi connectivity index (χ0v) is 18.5. The van der Waals surface area contributed by atoms with Crippen LogP contribution >= 0.6 is 23.1 Å². The number of anilines is 1. The van der Waals surface area contributed by atoms with E-state index in [0.717, 1.165) is 41.1 Å². The minimum atomic E-state index is -0.651. The number of rotatable bonds is 7. The molecular formula is C21H21FN4O3S2. The Hall–Kier alpha value is -2.72. The summed E-state index contributed by atoms with van der Waals surface area (Å²) >= 11 is 3.10. The number of H-pyrrole nitrogens is 1. The number of thioether (sulfide) groups is 1. The first-order valence-corrected chi connectivity index (χ1v) is 11.9. The fraction of sp³-hybridized carbons (Fsp3) is 0.333. The van der Waals surface area contributed by atoms with Crippen LogP contribution in [0.3, 0.4) is 0 Å². The van der Waals surface area contributed by atoms with E-state index in [4.69, 9.17) is 0 Å². The third kappa shape index (κ3) is 4.64. The molecule has 0 radical (unpaired) electrons. The normalized spacial score (nSPS) is 12.7. The molecule has 10 heteroatoms. The van der Waals surface area contributed by atoms with Gasteiger partial charge < -0.3 is 15.6 Å². The van der Waals surface area contributed by atoms with Crippen molar-refractivity contribution in [1.29, 1.82) is 0 Å². The molecule has 1 aromatic carbocycles. The monoisotopic (exact) mass is 460 g/mol. The number of halogens is 1. The number of nitrogens with one attached hydrogen (secondary N) is 3. The largest absolute Gasteiger partial charge is 0.355 e. The van der Waals surface area contributed by atoms with Crippen molar-refractivity contribution in [3.05, 3.63) is 56.2 Å². The van der Waals surface area contributed by atoms with Crippen molar-refractivity contribution in [2.24, 2.45) is 0 Å². The fourth-order valence-corrected chi connectivity index (χ4v) is 5.67. The molecule has 3 aromatic rings. The number of amides is 2. The lowest BCUT2D eigenvalue weighted by Gasteiger charge is -2.08. The van der Waals surface area contributed by atoms with Crippen LogP contribution in [0.4, 0.5) is 10.1 Å². The van der Waals surface area contributed by atoms with E-state index in [1.54, 1.807) is 11.3 Å². The molecule has 0 spiro atoms. The molecule has 0 saturated heterocycles. The molecule has 0 unspecified atom stereocenters. The summed E-state index contributed by atoms with van der Waals surface area (Å²) in [6.45, 7) is 0. The molecule has 0 aliphatic heterocycles. The van der Waals surface area contributed by atoms with Crippen LogP contribution in [0, 0.1) is 5.82 Å². The molecule has 4 rings (SSSR count). The van der Waals surface area contributed by atoms with Crippen molar-refractivity contribution in [1.82, 2.24) is 15.3 Å². The Bertz CT molecular complexity index is 1220. The van der Waals surface area contributed by atoms with Crippen LogP contribution in [0.25, 0.3) is 10.2 Å². The number of thiophene rings is 1. The number of fused-ring (bicyclic) bond motifs is 3. The van der Waals surface area contributed by atoms with Gasteiger partial charge in [-0.2, -0.15) is 11.8 Å². The third-order valence-corrected chi connectivity index (χ3v) is 7.21. The van der Waals surface area contributed by atoms with Crippen molar-refractivity contribution < 1.29 is 14.0 Å². The van der Waals surface area contributed by atoms with Crippen molar-refractivity contribution in [3.8, 4) is 0 Å². The number of aromatic nitrogens is 2. The zero-order chi connectivity index (χ0) is 22.0. The second-order valence-electron chi connectivity index (χ2n) is 7.17. The molecule has 0 bridgehead atoms. The highest BCUT2D eigenvalue weighted by atomic mass is 32.2. The predicted molar refractivity (Wildman–Crippen MR) is 121 cm³/mol. The lowest BCUT2D eigenvalue weighted by molar-refractivity contribution is -0.115. The second-order valence-corrected chi connectivity index (χ2v) is 9.36. The molecule has 7 nitrogen and oxygen atoms in total. The van der Waals surface area contributed by atoms with E-state index >= 15 is 0 Å². The van der Waals surface area contributed by atoms with Gasteiger partial charge in [-0.05, 0) is 43.0 Å². The number of hydrogen-bond donors (Lipinski definition) is 3. The molecule has 2 heterocycles. The molecule has 3 N–H and O–H groups in total. The van der Waals surface area contributed by atoms with Gasteiger partial charge in [-0.15, -0.1) is 11.3 Å². The highest BCUT2D eigenvalue weighted by Gasteiger charge is 2.21. The zero-order valence-electron chi connectivity index (χ0n) is 16.8. The van der Waals surface area contributed by atoms with Gasteiger partial charge in [0.15, 0.2) is 0 Å². The molecule has 0 fully saturated rings.